The van der Waals surface area contributed by atoms with E-state index >= 15 is 0 Å². The summed E-state index contributed by atoms with van der Waals surface area (Å²) < 4.78 is 21.7. The molecule has 72 heavy (non-hydrogen) atoms. The van der Waals surface area contributed by atoms with Gasteiger partial charge in [0.25, 0.3) is 0 Å². The van der Waals surface area contributed by atoms with E-state index in [0.717, 1.165) is 5.39 Å². The number of fused-ring (bicyclic) bond motifs is 20. The van der Waals surface area contributed by atoms with Crippen LogP contribution >= 0.6 is 0 Å². The zero-order valence-electron chi connectivity index (χ0n) is 37.3. The third-order valence-electron chi connectivity index (χ3n) is 12.0. The van der Waals surface area contributed by atoms with Crippen LogP contribution in [-0.2, 0) is 0 Å². The molecule has 346 valence electrons. The first-order valence-corrected chi connectivity index (χ1v) is 22.5. The molecule has 0 amide bonds. The maximum absolute atomic E-state index is 10.3. The standard InChI is InChI=1S/C56H34N8O8/c65-30-13-21-34(22-14-30)69-45-29-44-46(48(71-36-25-17-32(67)18-26-36)47(45)70-35-23-15-31(66)16-24-35)54-60-50-39-8-2-4-10-41(39)52(58-50)63-56-43-12-6-5-11-42(43)55(64(56)72-37-27-19-33(68)20-28-37)62-51-40-9-3-1-7-38(40)49(57-51)59-53(44)61-54/h1-29,65-68H,(H,57,58,59,60,61,62,63). The number of H-pyrrole nitrogens is 1. The number of aromatic amines is 1. The van der Waals surface area contributed by atoms with Crippen LogP contribution in [0.1, 0.15) is 0 Å². The highest BCUT2D eigenvalue weighted by molar-refractivity contribution is 6.11. The quantitative estimate of drug-likeness (QED) is 0.0958. The van der Waals surface area contributed by atoms with Crippen LogP contribution in [0.4, 0.5) is 0 Å². The minimum atomic E-state index is 0.0269. The van der Waals surface area contributed by atoms with E-state index in [2.05, 4.69) is 4.98 Å². The van der Waals surface area contributed by atoms with E-state index in [4.69, 9.17) is 49.0 Å². The van der Waals surface area contributed by atoms with Crippen LogP contribution in [0, 0.1) is 0 Å². The van der Waals surface area contributed by atoms with Gasteiger partial charge in [-0.2, -0.15) is 0 Å². The van der Waals surface area contributed by atoms with Crippen LogP contribution < -0.4 is 19.0 Å². The number of hydrogen-bond acceptors (Lipinski definition) is 14. The van der Waals surface area contributed by atoms with Crippen molar-refractivity contribution < 1.29 is 39.5 Å². The molecule has 2 aliphatic heterocycles. The van der Waals surface area contributed by atoms with Crippen molar-refractivity contribution in [1.82, 2.24) is 39.6 Å². The predicted molar refractivity (Wildman–Crippen MR) is 268 cm³/mol. The van der Waals surface area contributed by atoms with Gasteiger partial charge in [-0.25, -0.2) is 29.9 Å². The molecule has 0 spiro atoms. The Morgan fingerprint density at radius 1 is 0.361 bits per heavy atom. The normalized spacial score (nSPS) is 11.6. The molecule has 0 fully saturated rings. The highest BCUT2D eigenvalue weighted by Gasteiger charge is 2.28. The van der Waals surface area contributed by atoms with Crippen LogP contribution in [0.5, 0.6) is 63.2 Å². The van der Waals surface area contributed by atoms with E-state index in [0.29, 0.717) is 102 Å². The zero-order chi connectivity index (χ0) is 48.5. The van der Waals surface area contributed by atoms with Gasteiger partial charge in [0.2, 0.25) is 5.75 Å². The van der Waals surface area contributed by atoms with Crippen molar-refractivity contribution in [2.45, 2.75) is 0 Å². The molecule has 5 N–H and O–H groups in total. The first-order valence-electron chi connectivity index (χ1n) is 22.5. The van der Waals surface area contributed by atoms with E-state index in [1.165, 1.54) is 48.5 Å². The molecule has 0 unspecified atom stereocenters. The molecule has 5 heterocycles. The summed E-state index contributed by atoms with van der Waals surface area (Å²) in [5, 5.41) is 43.3. The second-order valence-corrected chi connectivity index (χ2v) is 16.7. The average molecular weight is 947 g/mol. The van der Waals surface area contributed by atoms with Crippen molar-refractivity contribution in [2.75, 3.05) is 0 Å². The van der Waals surface area contributed by atoms with Crippen molar-refractivity contribution in [3.8, 4) is 109 Å². The molecule has 0 aliphatic carbocycles. The molecule has 3 aromatic heterocycles. The average Bonchev–Trinajstić information content (AvgIpc) is 4.12. The maximum Gasteiger partial charge on any atom is 0.213 e. The lowest BCUT2D eigenvalue weighted by molar-refractivity contribution is 0.237. The van der Waals surface area contributed by atoms with Gasteiger partial charge >= 0.3 is 0 Å². The topological polar surface area (TPSA) is 216 Å². The van der Waals surface area contributed by atoms with Gasteiger partial charge in [-0.3, -0.25) is 0 Å². The van der Waals surface area contributed by atoms with Gasteiger partial charge in [0.15, 0.2) is 51.8 Å². The second kappa shape index (κ2) is 16.6. The molecule has 0 atom stereocenters. The molecule has 11 aromatic rings. The van der Waals surface area contributed by atoms with Gasteiger partial charge in [0.05, 0.1) is 5.39 Å². The third-order valence-corrected chi connectivity index (χ3v) is 12.0. The summed E-state index contributed by atoms with van der Waals surface area (Å²) >= 11 is 0. The van der Waals surface area contributed by atoms with E-state index in [1.54, 1.807) is 59.3 Å². The number of phenols is 4. The summed E-state index contributed by atoms with van der Waals surface area (Å²) in [7, 11) is 0. The number of nitrogens with one attached hydrogen (secondary N) is 1. The van der Waals surface area contributed by atoms with Crippen molar-refractivity contribution in [2.24, 2.45) is 0 Å². The minimum Gasteiger partial charge on any atom is -0.508 e. The number of benzene rings is 8. The van der Waals surface area contributed by atoms with Crippen LogP contribution in [0.15, 0.2) is 176 Å². The summed E-state index contributed by atoms with van der Waals surface area (Å²) in [5.74, 6) is 3.32. The Morgan fingerprint density at radius 2 is 0.750 bits per heavy atom. The van der Waals surface area contributed by atoms with Crippen molar-refractivity contribution in [1.29, 1.82) is 0 Å². The molecule has 0 radical (unpaired) electrons. The smallest absolute Gasteiger partial charge is 0.213 e. The Hall–Kier alpha value is -10.5. The number of rotatable bonds is 8. The van der Waals surface area contributed by atoms with Crippen LogP contribution in [0.25, 0.3) is 89.7 Å². The Balaban J connectivity index is 1.19. The Bertz CT molecular complexity index is 4140. The number of nitrogens with zero attached hydrogens (tertiary/aromatic N) is 7. The largest absolute Gasteiger partial charge is 0.508 e. The number of aromatic nitrogens is 8. The lowest BCUT2D eigenvalue weighted by Gasteiger charge is -2.18. The van der Waals surface area contributed by atoms with Crippen molar-refractivity contribution in [3.63, 3.8) is 0 Å². The SMILES string of the molecule is Oc1ccc(Oc2cc3c4nc5nc(nc6c7ccccc7c(nc7nc(nc([nH]4)c3c(Oc3ccc(O)cc3)c2Oc2ccc(O)cc2)-c2ccccc2-7)n6Oc2ccc(O)cc2)-c2ccccc2-5)cc1. The van der Waals surface area contributed by atoms with Crippen LogP contribution in [-0.4, -0.2) is 60.0 Å². The summed E-state index contributed by atoms with van der Waals surface area (Å²) in [5.41, 5.74) is 4.10. The first-order chi connectivity index (χ1) is 35.3. The molecule has 8 bridgehead atoms. The molecular formula is C56H34N8O8. The van der Waals surface area contributed by atoms with Crippen molar-refractivity contribution in [3.05, 3.63) is 176 Å². The Kier molecular flexibility index (Phi) is 9.63. The molecular weight excluding hydrogens is 913 g/mol. The lowest BCUT2D eigenvalue weighted by atomic mass is 10.1. The third kappa shape index (κ3) is 7.35. The van der Waals surface area contributed by atoms with Crippen molar-refractivity contribution >= 4 is 44.1 Å². The maximum atomic E-state index is 10.3. The second-order valence-electron chi connectivity index (χ2n) is 16.7. The zero-order valence-corrected chi connectivity index (χ0v) is 37.3. The fourth-order valence-electron chi connectivity index (χ4n) is 8.67. The summed E-state index contributed by atoms with van der Waals surface area (Å²) in [6.45, 7) is 0. The molecule has 2 aliphatic rings. The lowest BCUT2D eigenvalue weighted by Crippen LogP contribution is -2.06. The fraction of sp³-hybridized carbons (Fsp3) is 0. The van der Waals surface area contributed by atoms with Gasteiger partial charge in [-0.05, 0) is 103 Å². The number of hydrogen-bond donors (Lipinski definition) is 5. The monoisotopic (exact) mass is 946 g/mol. The minimum absolute atomic E-state index is 0.0269. The number of phenolic OH excluding ortho intramolecular Hbond substituents is 4. The summed E-state index contributed by atoms with van der Waals surface area (Å²) in [6, 6.07) is 49.7. The van der Waals surface area contributed by atoms with Gasteiger partial charge in [0.1, 0.15) is 51.5 Å². The van der Waals surface area contributed by atoms with E-state index in [-0.39, 0.29) is 45.9 Å². The predicted octanol–water partition coefficient (Wildman–Crippen LogP) is 12.4. The molecule has 16 nitrogen and oxygen atoms in total. The van der Waals surface area contributed by atoms with Gasteiger partial charge < -0.3 is 44.5 Å². The van der Waals surface area contributed by atoms with E-state index in [9.17, 15) is 20.4 Å². The van der Waals surface area contributed by atoms with Gasteiger partial charge in [0, 0.05) is 38.4 Å². The molecule has 16 heteroatoms. The highest BCUT2D eigenvalue weighted by Crippen LogP contribution is 2.51. The molecule has 0 saturated carbocycles. The molecule has 13 rings (SSSR count). The number of aromatic hydroxyl groups is 4. The van der Waals surface area contributed by atoms with Gasteiger partial charge in [-0.15, -0.1) is 4.73 Å². The summed E-state index contributed by atoms with van der Waals surface area (Å²) in [6.07, 6.45) is 0. The molecule has 8 aromatic carbocycles. The fourth-order valence-corrected chi connectivity index (χ4v) is 8.67. The van der Waals surface area contributed by atoms with Crippen LogP contribution in [0.2, 0.25) is 0 Å². The van der Waals surface area contributed by atoms with E-state index in [1.807, 2.05) is 72.8 Å². The Labute approximate surface area is 406 Å². The summed E-state index contributed by atoms with van der Waals surface area (Å²) in [4.78, 5) is 41.4. The Morgan fingerprint density at radius 3 is 1.22 bits per heavy atom. The first kappa shape index (κ1) is 41.7. The van der Waals surface area contributed by atoms with E-state index < -0.39 is 0 Å². The molecule has 0 saturated heterocycles. The van der Waals surface area contributed by atoms with Crippen LogP contribution in [0.3, 0.4) is 0 Å². The van der Waals surface area contributed by atoms with Gasteiger partial charge in [-0.1, -0.05) is 72.8 Å². The number of ether oxygens (including phenoxy) is 3. The highest BCUT2D eigenvalue weighted by atomic mass is 16.7.